The first-order chi connectivity index (χ1) is 9.86. The Kier molecular flexibility index (Phi) is 4.20. The average molecular weight is 294 g/mol. The number of hydrogen-bond donors (Lipinski definition) is 2. The van der Waals surface area contributed by atoms with E-state index in [9.17, 15) is 9.59 Å². The van der Waals surface area contributed by atoms with Crippen molar-refractivity contribution in [3.63, 3.8) is 0 Å². The maximum Gasteiger partial charge on any atom is 0.323 e. The number of nitrogen functional groups attached to an aromatic ring is 1. The third kappa shape index (κ3) is 3.56. The van der Waals surface area contributed by atoms with Crippen molar-refractivity contribution >= 4 is 23.7 Å². The molecule has 114 valence electrons. The van der Waals surface area contributed by atoms with E-state index >= 15 is 0 Å². The second-order valence-corrected chi connectivity index (χ2v) is 4.99. The first-order valence-corrected chi connectivity index (χ1v) is 6.62. The summed E-state index contributed by atoms with van der Waals surface area (Å²) >= 11 is 0. The van der Waals surface area contributed by atoms with E-state index in [1.807, 2.05) is 13.8 Å². The Labute approximate surface area is 121 Å². The number of hydrogen-bond acceptors (Lipinski definition) is 8. The van der Waals surface area contributed by atoms with Gasteiger partial charge in [-0.05, 0) is 20.3 Å². The fourth-order valence-electron chi connectivity index (χ4n) is 1.91. The molecule has 1 aromatic heterocycles. The van der Waals surface area contributed by atoms with Crippen molar-refractivity contribution in [2.45, 2.75) is 38.8 Å². The molecular weight excluding hydrogens is 276 g/mol. The third-order valence-electron chi connectivity index (χ3n) is 2.93. The fraction of sp³-hybridized carbons (Fsp3) is 0.583. The van der Waals surface area contributed by atoms with Crippen molar-refractivity contribution in [3.05, 3.63) is 0 Å². The van der Waals surface area contributed by atoms with Gasteiger partial charge in [-0.1, -0.05) is 0 Å². The van der Waals surface area contributed by atoms with Crippen LogP contribution in [0.5, 0.6) is 6.01 Å². The van der Waals surface area contributed by atoms with Gasteiger partial charge in [0.05, 0.1) is 6.10 Å². The van der Waals surface area contributed by atoms with Gasteiger partial charge in [-0.2, -0.15) is 15.0 Å². The highest BCUT2D eigenvalue weighted by Crippen LogP contribution is 2.17. The standard InChI is InChI=1S/C12H18N6O3/c1-6(2)21-12-16-10(13)15-11(17-12)14-7-4-5-8(19)18(3)9(7)20/h6-7H,4-5H2,1-3H3,(H3,13,14,15,16,17). The quantitative estimate of drug-likeness (QED) is 0.732. The van der Waals surface area contributed by atoms with Gasteiger partial charge in [0.25, 0.3) is 5.91 Å². The molecule has 0 saturated carbocycles. The van der Waals surface area contributed by atoms with Gasteiger partial charge in [-0.15, -0.1) is 0 Å². The molecule has 1 aliphatic rings. The normalized spacial score (nSPS) is 19.0. The number of carbonyl (C=O) groups excluding carboxylic acids is 2. The Morgan fingerprint density at radius 1 is 1.33 bits per heavy atom. The van der Waals surface area contributed by atoms with Crippen molar-refractivity contribution in [3.8, 4) is 6.01 Å². The fourth-order valence-corrected chi connectivity index (χ4v) is 1.91. The number of imide groups is 1. The summed E-state index contributed by atoms with van der Waals surface area (Å²) in [6.07, 6.45) is 0.559. The maximum atomic E-state index is 12.0. The van der Waals surface area contributed by atoms with Gasteiger partial charge in [-0.3, -0.25) is 14.5 Å². The SMILES string of the molecule is CC(C)Oc1nc(N)nc(NC2CCC(=O)N(C)C2=O)n1. The molecule has 0 aromatic carbocycles. The van der Waals surface area contributed by atoms with E-state index in [0.717, 1.165) is 4.90 Å². The zero-order valence-corrected chi connectivity index (χ0v) is 12.2. The summed E-state index contributed by atoms with van der Waals surface area (Å²) in [4.78, 5) is 36.4. The van der Waals surface area contributed by atoms with Crippen LogP contribution in [0.1, 0.15) is 26.7 Å². The van der Waals surface area contributed by atoms with Crippen LogP contribution in [-0.4, -0.2) is 50.9 Å². The number of ether oxygens (including phenoxy) is 1. The number of aromatic nitrogens is 3. The molecule has 1 fully saturated rings. The molecule has 0 bridgehead atoms. The van der Waals surface area contributed by atoms with E-state index in [1.165, 1.54) is 7.05 Å². The van der Waals surface area contributed by atoms with Gasteiger partial charge in [0, 0.05) is 13.5 Å². The number of carbonyl (C=O) groups is 2. The van der Waals surface area contributed by atoms with Gasteiger partial charge in [0.2, 0.25) is 17.8 Å². The molecule has 2 amide bonds. The largest absolute Gasteiger partial charge is 0.461 e. The number of nitrogens with one attached hydrogen (secondary N) is 1. The Balaban J connectivity index is 2.14. The van der Waals surface area contributed by atoms with Crippen LogP contribution in [0.25, 0.3) is 0 Å². The minimum absolute atomic E-state index is 0.00385. The van der Waals surface area contributed by atoms with Gasteiger partial charge >= 0.3 is 6.01 Å². The van der Waals surface area contributed by atoms with E-state index in [1.54, 1.807) is 0 Å². The Morgan fingerprint density at radius 3 is 2.71 bits per heavy atom. The molecule has 0 radical (unpaired) electrons. The number of nitrogens with two attached hydrogens (primary N) is 1. The number of likely N-dealkylation sites (N-methyl/N-ethyl adjacent to an activating group) is 1. The molecular formula is C12H18N6O3. The van der Waals surface area contributed by atoms with Crippen LogP contribution in [0.3, 0.4) is 0 Å². The zero-order valence-electron chi connectivity index (χ0n) is 12.2. The second kappa shape index (κ2) is 5.90. The zero-order chi connectivity index (χ0) is 15.6. The Morgan fingerprint density at radius 2 is 2.05 bits per heavy atom. The summed E-state index contributed by atoms with van der Waals surface area (Å²) in [5.41, 5.74) is 5.59. The smallest absolute Gasteiger partial charge is 0.323 e. The lowest BCUT2D eigenvalue weighted by Gasteiger charge is -2.28. The molecule has 3 N–H and O–H groups in total. The molecule has 1 aliphatic heterocycles. The molecule has 1 atom stereocenters. The molecule has 0 aliphatic carbocycles. The summed E-state index contributed by atoms with van der Waals surface area (Å²) in [5.74, 6) is -0.372. The van der Waals surface area contributed by atoms with Crippen molar-refractivity contribution in [2.75, 3.05) is 18.1 Å². The number of nitrogens with zero attached hydrogens (tertiary/aromatic N) is 4. The highest BCUT2D eigenvalue weighted by molar-refractivity contribution is 6.01. The number of amides is 2. The highest BCUT2D eigenvalue weighted by atomic mass is 16.5. The van der Waals surface area contributed by atoms with Crippen LogP contribution < -0.4 is 15.8 Å². The van der Waals surface area contributed by atoms with Gasteiger partial charge in [0.1, 0.15) is 6.04 Å². The van der Waals surface area contributed by atoms with Gasteiger partial charge in [0.15, 0.2) is 0 Å². The minimum Gasteiger partial charge on any atom is -0.461 e. The van der Waals surface area contributed by atoms with Crippen LogP contribution in [0, 0.1) is 0 Å². The molecule has 21 heavy (non-hydrogen) atoms. The van der Waals surface area contributed by atoms with Crippen LogP contribution in [0.15, 0.2) is 0 Å². The number of likely N-dealkylation sites (tertiary alicyclic amines) is 1. The molecule has 9 heteroatoms. The van der Waals surface area contributed by atoms with Gasteiger partial charge < -0.3 is 15.8 Å². The number of piperidine rings is 1. The molecule has 2 rings (SSSR count). The highest BCUT2D eigenvalue weighted by Gasteiger charge is 2.32. The summed E-state index contributed by atoms with van der Waals surface area (Å²) in [6.45, 7) is 3.66. The lowest BCUT2D eigenvalue weighted by molar-refractivity contribution is -0.146. The van der Waals surface area contributed by atoms with Crippen molar-refractivity contribution in [1.29, 1.82) is 0 Å². The maximum absolute atomic E-state index is 12.0. The summed E-state index contributed by atoms with van der Waals surface area (Å²) < 4.78 is 5.36. The van der Waals surface area contributed by atoms with E-state index in [4.69, 9.17) is 10.5 Å². The van der Waals surface area contributed by atoms with E-state index in [2.05, 4.69) is 20.3 Å². The average Bonchev–Trinajstić information content (AvgIpc) is 2.38. The molecule has 0 spiro atoms. The Hall–Kier alpha value is -2.45. The monoisotopic (exact) mass is 294 g/mol. The van der Waals surface area contributed by atoms with Crippen LogP contribution >= 0.6 is 0 Å². The topological polar surface area (TPSA) is 123 Å². The molecule has 1 unspecified atom stereocenters. The van der Waals surface area contributed by atoms with Gasteiger partial charge in [-0.25, -0.2) is 0 Å². The molecule has 9 nitrogen and oxygen atoms in total. The summed E-state index contributed by atoms with van der Waals surface area (Å²) in [5, 5.41) is 2.87. The third-order valence-corrected chi connectivity index (χ3v) is 2.93. The summed E-state index contributed by atoms with van der Waals surface area (Å²) in [7, 11) is 1.45. The van der Waals surface area contributed by atoms with Crippen molar-refractivity contribution < 1.29 is 14.3 Å². The first-order valence-electron chi connectivity index (χ1n) is 6.62. The second-order valence-electron chi connectivity index (χ2n) is 4.99. The molecule has 1 aromatic rings. The van der Waals surface area contributed by atoms with Crippen LogP contribution in [0.4, 0.5) is 11.9 Å². The van der Waals surface area contributed by atoms with E-state index in [-0.39, 0.29) is 42.2 Å². The molecule has 1 saturated heterocycles. The predicted octanol–water partition coefficient (Wildman–Crippen LogP) is -0.200. The first kappa shape index (κ1) is 14.9. The minimum atomic E-state index is -0.568. The van der Waals surface area contributed by atoms with Crippen molar-refractivity contribution in [1.82, 2.24) is 19.9 Å². The number of anilines is 2. The lowest BCUT2D eigenvalue weighted by Crippen LogP contribution is -2.48. The van der Waals surface area contributed by atoms with E-state index in [0.29, 0.717) is 6.42 Å². The van der Waals surface area contributed by atoms with Crippen molar-refractivity contribution in [2.24, 2.45) is 0 Å². The molecule has 2 heterocycles. The predicted molar refractivity (Wildman–Crippen MR) is 74.4 cm³/mol. The van der Waals surface area contributed by atoms with Crippen LogP contribution in [-0.2, 0) is 9.59 Å². The lowest BCUT2D eigenvalue weighted by atomic mass is 10.1. The number of rotatable bonds is 4. The van der Waals surface area contributed by atoms with Crippen LogP contribution in [0.2, 0.25) is 0 Å². The Bertz CT molecular complexity index is 562. The van der Waals surface area contributed by atoms with E-state index < -0.39 is 6.04 Å². The summed E-state index contributed by atoms with van der Waals surface area (Å²) in [6, 6.07) is -0.478.